The molecule has 2 unspecified atom stereocenters. The first-order valence-corrected chi connectivity index (χ1v) is 4.88. The summed E-state index contributed by atoms with van der Waals surface area (Å²) in [5.41, 5.74) is 0.255. The fourth-order valence-corrected chi connectivity index (χ4v) is 2.35. The van der Waals surface area contributed by atoms with E-state index < -0.39 is 0 Å². The largest absolute Gasteiger partial charge is 0.315 e. The average Bonchev–Trinajstić information content (AvgIpc) is 2.71. The summed E-state index contributed by atoms with van der Waals surface area (Å²) in [6, 6.07) is 0. The van der Waals surface area contributed by atoms with Crippen molar-refractivity contribution in [3.63, 3.8) is 0 Å². The van der Waals surface area contributed by atoms with Crippen molar-refractivity contribution in [3.05, 3.63) is 23.2 Å². The molecule has 3 rings (SSSR count). The van der Waals surface area contributed by atoms with Crippen molar-refractivity contribution in [1.82, 2.24) is 15.3 Å². The second-order valence-corrected chi connectivity index (χ2v) is 4.35. The Balaban J connectivity index is 1.97. The van der Waals surface area contributed by atoms with Crippen LogP contribution in [-0.2, 0) is 5.41 Å². The first-order valence-electron chi connectivity index (χ1n) is 4.50. The summed E-state index contributed by atoms with van der Waals surface area (Å²) in [5, 5.41) is 3.98. The molecule has 1 aromatic rings. The van der Waals surface area contributed by atoms with Gasteiger partial charge in [-0.15, -0.1) is 0 Å². The van der Waals surface area contributed by atoms with E-state index in [2.05, 4.69) is 15.3 Å². The molecule has 68 valence electrons. The van der Waals surface area contributed by atoms with Gasteiger partial charge in [-0.3, -0.25) is 0 Å². The third kappa shape index (κ3) is 1.00. The lowest BCUT2D eigenvalue weighted by atomic mass is 10.1. The summed E-state index contributed by atoms with van der Waals surface area (Å²) in [4.78, 5) is 8.58. The minimum Gasteiger partial charge on any atom is -0.315 e. The molecule has 0 spiro atoms. The predicted octanol–water partition coefficient (Wildman–Crippen LogP) is 0.991. The fourth-order valence-electron chi connectivity index (χ4n) is 2.26. The van der Waals surface area contributed by atoms with Crippen LogP contribution >= 0.6 is 11.6 Å². The zero-order valence-electron chi connectivity index (χ0n) is 7.13. The van der Waals surface area contributed by atoms with E-state index in [0.717, 1.165) is 24.8 Å². The second kappa shape index (κ2) is 2.42. The van der Waals surface area contributed by atoms with Crippen molar-refractivity contribution in [2.75, 3.05) is 13.1 Å². The van der Waals surface area contributed by atoms with Crippen LogP contribution in [-0.4, -0.2) is 23.1 Å². The number of halogens is 1. The smallest absolute Gasteiger partial charge is 0.136 e. The van der Waals surface area contributed by atoms with Crippen molar-refractivity contribution >= 4 is 11.6 Å². The van der Waals surface area contributed by atoms with Crippen molar-refractivity contribution in [2.24, 2.45) is 5.92 Å². The van der Waals surface area contributed by atoms with E-state index in [0.29, 0.717) is 5.02 Å². The van der Waals surface area contributed by atoms with E-state index in [-0.39, 0.29) is 5.41 Å². The molecule has 1 aliphatic heterocycles. The normalized spacial score (nSPS) is 35.9. The Hall–Kier alpha value is -0.670. The lowest BCUT2D eigenvalue weighted by Gasteiger charge is -2.08. The number of piperidine rings is 1. The van der Waals surface area contributed by atoms with Gasteiger partial charge in [0.15, 0.2) is 0 Å². The van der Waals surface area contributed by atoms with Gasteiger partial charge in [0.1, 0.15) is 5.82 Å². The third-order valence-electron chi connectivity index (χ3n) is 3.13. The number of aromatic nitrogens is 2. The molecule has 1 aromatic heterocycles. The highest BCUT2D eigenvalue weighted by Crippen LogP contribution is 2.55. The lowest BCUT2D eigenvalue weighted by Crippen LogP contribution is -2.21. The summed E-state index contributed by atoms with van der Waals surface area (Å²) in [6.45, 7) is 2.14. The van der Waals surface area contributed by atoms with E-state index in [1.165, 1.54) is 6.42 Å². The first kappa shape index (κ1) is 7.71. The van der Waals surface area contributed by atoms with Crippen molar-refractivity contribution < 1.29 is 0 Å². The van der Waals surface area contributed by atoms with Gasteiger partial charge in [-0.1, -0.05) is 11.6 Å². The zero-order chi connectivity index (χ0) is 8.89. The Morgan fingerprint density at radius 2 is 2.23 bits per heavy atom. The molecule has 1 saturated carbocycles. The topological polar surface area (TPSA) is 37.8 Å². The van der Waals surface area contributed by atoms with Crippen LogP contribution in [0.2, 0.25) is 5.02 Å². The SMILES string of the molecule is Clc1cnc(C23CNCC2C3)nc1. The van der Waals surface area contributed by atoms with Crippen LogP contribution < -0.4 is 5.32 Å². The molecule has 4 heteroatoms. The van der Waals surface area contributed by atoms with E-state index in [1.807, 2.05) is 0 Å². The van der Waals surface area contributed by atoms with Crippen LogP contribution in [0.5, 0.6) is 0 Å². The number of nitrogens with one attached hydrogen (secondary N) is 1. The molecule has 1 aliphatic carbocycles. The highest BCUT2D eigenvalue weighted by atomic mass is 35.5. The van der Waals surface area contributed by atoms with Gasteiger partial charge < -0.3 is 5.32 Å². The third-order valence-corrected chi connectivity index (χ3v) is 3.32. The first-order chi connectivity index (χ1) is 6.31. The van der Waals surface area contributed by atoms with E-state index in [9.17, 15) is 0 Å². The van der Waals surface area contributed by atoms with Crippen molar-refractivity contribution in [2.45, 2.75) is 11.8 Å². The van der Waals surface area contributed by atoms with Crippen LogP contribution in [0.3, 0.4) is 0 Å². The molecular formula is C9H10ClN3. The monoisotopic (exact) mass is 195 g/mol. The maximum absolute atomic E-state index is 5.74. The van der Waals surface area contributed by atoms with Crippen LogP contribution in [0.25, 0.3) is 0 Å². The van der Waals surface area contributed by atoms with Gasteiger partial charge in [0.25, 0.3) is 0 Å². The molecule has 2 fully saturated rings. The van der Waals surface area contributed by atoms with Gasteiger partial charge in [0, 0.05) is 24.4 Å². The molecule has 1 N–H and O–H groups in total. The summed E-state index contributed by atoms with van der Waals surface area (Å²) in [5.74, 6) is 1.72. The van der Waals surface area contributed by atoms with Crippen LogP contribution in [0.1, 0.15) is 12.2 Å². The summed E-state index contributed by atoms with van der Waals surface area (Å²) in [6.07, 6.45) is 4.61. The Morgan fingerprint density at radius 3 is 2.77 bits per heavy atom. The summed E-state index contributed by atoms with van der Waals surface area (Å²) in [7, 11) is 0. The van der Waals surface area contributed by atoms with Gasteiger partial charge in [0.05, 0.1) is 5.02 Å². The molecule has 0 bridgehead atoms. The average molecular weight is 196 g/mol. The maximum atomic E-state index is 5.74. The zero-order valence-corrected chi connectivity index (χ0v) is 7.88. The van der Waals surface area contributed by atoms with Gasteiger partial charge in [-0.05, 0) is 18.9 Å². The van der Waals surface area contributed by atoms with E-state index in [1.54, 1.807) is 12.4 Å². The number of rotatable bonds is 1. The van der Waals surface area contributed by atoms with E-state index in [4.69, 9.17) is 11.6 Å². The Labute approximate surface area is 81.5 Å². The molecule has 2 atom stereocenters. The minimum atomic E-state index is 0.255. The van der Waals surface area contributed by atoms with E-state index >= 15 is 0 Å². The number of hydrogen-bond acceptors (Lipinski definition) is 3. The predicted molar refractivity (Wildman–Crippen MR) is 49.7 cm³/mol. The Morgan fingerprint density at radius 1 is 1.46 bits per heavy atom. The number of nitrogens with zero attached hydrogens (tertiary/aromatic N) is 2. The molecule has 1 saturated heterocycles. The van der Waals surface area contributed by atoms with Gasteiger partial charge >= 0.3 is 0 Å². The molecule has 2 heterocycles. The quantitative estimate of drug-likeness (QED) is 0.727. The molecular weight excluding hydrogens is 186 g/mol. The second-order valence-electron chi connectivity index (χ2n) is 3.91. The fraction of sp³-hybridized carbons (Fsp3) is 0.556. The maximum Gasteiger partial charge on any atom is 0.136 e. The molecule has 13 heavy (non-hydrogen) atoms. The molecule has 3 nitrogen and oxygen atoms in total. The molecule has 0 amide bonds. The molecule has 2 aliphatic rings. The number of hydrogen-bond donors (Lipinski definition) is 1. The number of fused-ring (bicyclic) bond motifs is 1. The standard InChI is InChI=1S/C9H10ClN3/c10-7-3-12-8(13-4-7)9-1-6(9)2-11-5-9/h3-4,6,11H,1-2,5H2. The van der Waals surface area contributed by atoms with Crippen LogP contribution in [0.4, 0.5) is 0 Å². The highest BCUT2D eigenvalue weighted by Gasteiger charge is 2.60. The van der Waals surface area contributed by atoms with Crippen molar-refractivity contribution in [3.8, 4) is 0 Å². The summed E-state index contributed by atoms with van der Waals surface area (Å²) < 4.78 is 0. The van der Waals surface area contributed by atoms with Crippen LogP contribution in [0, 0.1) is 5.92 Å². The lowest BCUT2D eigenvalue weighted by molar-refractivity contribution is 0.633. The minimum absolute atomic E-state index is 0.255. The molecule has 0 radical (unpaired) electrons. The van der Waals surface area contributed by atoms with Crippen LogP contribution in [0.15, 0.2) is 12.4 Å². The van der Waals surface area contributed by atoms with Gasteiger partial charge in [0.2, 0.25) is 0 Å². The van der Waals surface area contributed by atoms with Gasteiger partial charge in [-0.25, -0.2) is 9.97 Å². The summed E-state index contributed by atoms with van der Waals surface area (Å²) >= 11 is 5.74. The Bertz CT molecular complexity index is 337. The highest BCUT2D eigenvalue weighted by molar-refractivity contribution is 6.30. The van der Waals surface area contributed by atoms with Crippen molar-refractivity contribution in [1.29, 1.82) is 0 Å². The molecule has 0 aromatic carbocycles. The Kier molecular flexibility index (Phi) is 1.44. The van der Waals surface area contributed by atoms with Gasteiger partial charge in [-0.2, -0.15) is 0 Å².